The van der Waals surface area contributed by atoms with Crippen LogP contribution < -0.4 is 11.0 Å². The summed E-state index contributed by atoms with van der Waals surface area (Å²) in [5.74, 6) is 1.69. The fourth-order valence-corrected chi connectivity index (χ4v) is 15.4. The topological polar surface area (TPSA) is 279 Å². The zero-order valence-electron chi connectivity index (χ0n) is 36.2. The molecule has 5 N–H and O–H groups in total. The molecule has 10 aromatic rings. The van der Waals surface area contributed by atoms with Gasteiger partial charge in [0, 0.05) is 0 Å². The summed E-state index contributed by atoms with van der Waals surface area (Å²) >= 11 is -2.34. The Labute approximate surface area is 408 Å². The second kappa shape index (κ2) is 14.5. The number of aliphatic imine (C=N–C) groups is 4. The van der Waals surface area contributed by atoms with Gasteiger partial charge in [0.25, 0.3) is 0 Å². The van der Waals surface area contributed by atoms with Gasteiger partial charge in [0.15, 0.2) is 0 Å². The third kappa shape index (κ3) is 6.30. The van der Waals surface area contributed by atoms with Crippen molar-refractivity contribution >= 4 is 148 Å². The van der Waals surface area contributed by atoms with Crippen LogP contribution in [0.3, 0.4) is 0 Å². The Morgan fingerprint density at radius 3 is 1.27 bits per heavy atom. The van der Waals surface area contributed by atoms with Gasteiger partial charge < -0.3 is 5.48 Å². The van der Waals surface area contributed by atoms with Crippen LogP contribution in [0.1, 0.15) is 27.8 Å². The molecule has 0 saturated carbocycles. The van der Waals surface area contributed by atoms with Crippen molar-refractivity contribution in [3.05, 3.63) is 160 Å². The van der Waals surface area contributed by atoms with Gasteiger partial charge in [0.2, 0.25) is 0 Å². The van der Waals surface area contributed by atoms with Crippen molar-refractivity contribution in [2.45, 2.75) is 21.6 Å². The molecule has 8 aromatic carbocycles. The molecule has 4 aliphatic rings. The Kier molecular flexibility index (Phi) is 8.91. The average Bonchev–Trinajstić information content (AvgIpc) is 3.99. The Morgan fingerprint density at radius 2 is 0.761 bits per heavy atom. The van der Waals surface area contributed by atoms with Gasteiger partial charge >= 0.3 is 405 Å². The predicted molar refractivity (Wildman–Crippen MR) is 269 cm³/mol. The maximum atomic E-state index is 12.9. The third-order valence-electron chi connectivity index (χ3n) is 13.3. The van der Waals surface area contributed by atoms with E-state index in [1.165, 1.54) is 30.3 Å². The fraction of sp³-hybridized carbons (Fsp3) is 0.0204. The summed E-state index contributed by atoms with van der Waals surface area (Å²) < 4.78 is 113. The summed E-state index contributed by atoms with van der Waals surface area (Å²) in [5, 5.41) is 6.00. The summed E-state index contributed by atoms with van der Waals surface area (Å²) in [7, 11) is -14.1. The molecule has 22 heteroatoms. The van der Waals surface area contributed by atoms with Crippen LogP contribution in [0, 0.1) is 6.92 Å². The van der Waals surface area contributed by atoms with Crippen molar-refractivity contribution in [1.29, 1.82) is 0 Å². The van der Waals surface area contributed by atoms with Gasteiger partial charge in [-0.3, -0.25) is 0 Å². The monoisotopic (exact) mass is 1050 g/mol. The Bertz CT molecular complexity index is 4910. The van der Waals surface area contributed by atoms with Crippen molar-refractivity contribution in [2.24, 2.45) is 30.0 Å². The van der Waals surface area contributed by atoms with Crippen LogP contribution in [0.4, 0.5) is 11.6 Å². The van der Waals surface area contributed by atoms with E-state index >= 15 is 0 Å². The second-order valence-corrected chi connectivity index (χ2v) is 24.2. The molecule has 4 aliphatic heterocycles. The first-order chi connectivity index (χ1) is 33.5. The first kappa shape index (κ1) is 43.5. The van der Waals surface area contributed by atoms with E-state index in [-0.39, 0.29) is 48.0 Å². The molecule has 0 atom stereocenters. The number of amidine groups is 4. The van der Waals surface area contributed by atoms with Gasteiger partial charge in [0.05, 0.1) is 0 Å². The number of benzene rings is 8. The van der Waals surface area contributed by atoms with Crippen LogP contribution in [0.2, 0.25) is 0 Å². The van der Waals surface area contributed by atoms with Crippen LogP contribution in [-0.2, 0) is 30.4 Å². The van der Waals surface area contributed by atoms with Crippen LogP contribution in [0.25, 0.3) is 64.6 Å². The second-order valence-electron chi connectivity index (χ2n) is 17.4. The molecule has 345 valence electrons. The van der Waals surface area contributed by atoms with Crippen molar-refractivity contribution in [3.8, 4) is 0 Å². The molecule has 6 bridgehead atoms. The first-order valence-electron chi connectivity index (χ1n) is 21.3. The standard InChI is InChI=1S/C49H26N8O9S3.Ga.H2O/c1-22-6-2-7-23-14-31-35(18-27(22)23)46-50-42(31)52-47-37-20-29-25(9-4-12-40(29)68(61,62)63)16-33(37)44(54-47)56-49-38-21-30-26(10-5-13-41(30)69(64,65)66)17-34(38)45(57-49)55-48-36-19-28-24(15-32(36)43(51-46)53-48)8-3-11-39(28)67(58,59)60;;/h2-21H,1H3,(H3-2,50,51,52,53,54,55,56,57,58,59,60,61,62,63,64,65,66);;1H2/q-2;+2;. The molecule has 6 heterocycles. The fourth-order valence-electron chi connectivity index (χ4n) is 10.2. The zero-order chi connectivity index (χ0) is 47.9. The summed E-state index contributed by atoms with van der Waals surface area (Å²) in [5.41, 5.74) is 4.01. The van der Waals surface area contributed by atoms with E-state index in [0.29, 0.717) is 94.2 Å². The minimum absolute atomic E-state index is 0. The number of rotatable bonds is 3. The normalized spacial score (nSPS) is 14.8. The molecule has 0 unspecified atom stereocenters. The Hall–Kier alpha value is -7.51. The van der Waals surface area contributed by atoms with Crippen LogP contribution >= 0.6 is 0 Å². The van der Waals surface area contributed by atoms with Gasteiger partial charge in [0.1, 0.15) is 0 Å². The van der Waals surface area contributed by atoms with E-state index in [1.54, 1.807) is 60.7 Å². The Morgan fingerprint density at radius 1 is 0.394 bits per heavy atom. The summed E-state index contributed by atoms with van der Waals surface area (Å²) in [4.78, 5) is 30.6. The van der Waals surface area contributed by atoms with E-state index in [1.807, 2.05) is 43.8 Å². The predicted octanol–water partition coefficient (Wildman–Crippen LogP) is 6.31. The van der Waals surface area contributed by atoms with Gasteiger partial charge in [-0.25, -0.2) is 0 Å². The smallest absolute Gasteiger partial charge is 0.412 e. The molecule has 0 amide bonds. The number of hydrogen-bond acceptors (Lipinski definition) is 12. The number of aromatic nitrogens is 2. The third-order valence-corrected chi connectivity index (χ3v) is 19.1. The minimum atomic E-state index is -4.72. The molecule has 18 nitrogen and oxygen atoms in total. The SMILES string of the molecule is Cc1cccc2cc3c(cc12)C1=NC3=Nc2c3cc4c(S(=O)(=O)O)cccc4cc3c3[n]2[Ga][n]2c(c4cc5cccc(S(=O)(=O)O)c5cc4c2=NC2=NC(=N3)c3cc4c(S(=O)(=O)O)cccc4cc32)=N1.O. The van der Waals surface area contributed by atoms with Crippen molar-refractivity contribution in [1.82, 2.24) is 6.55 Å². The molecule has 71 heavy (non-hydrogen) atoms. The first-order valence-corrected chi connectivity index (χ1v) is 27.8. The van der Waals surface area contributed by atoms with Gasteiger partial charge in [-0.2, -0.15) is 0 Å². The van der Waals surface area contributed by atoms with Gasteiger partial charge in [-0.15, -0.1) is 0 Å². The zero-order valence-corrected chi connectivity index (χ0v) is 41.1. The van der Waals surface area contributed by atoms with Crippen molar-refractivity contribution in [3.63, 3.8) is 0 Å². The van der Waals surface area contributed by atoms with Crippen molar-refractivity contribution < 1.29 is 44.4 Å². The minimum Gasteiger partial charge on any atom is -0.412 e. The summed E-state index contributed by atoms with van der Waals surface area (Å²) in [6.45, 7) is 2.02. The maximum Gasteiger partial charge on any atom is -0.412 e. The molecule has 0 spiro atoms. The molecular weight excluding hydrogens is 1030 g/mol. The van der Waals surface area contributed by atoms with E-state index in [2.05, 4.69) is 0 Å². The molecule has 0 fully saturated rings. The van der Waals surface area contributed by atoms with Gasteiger partial charge in [-0.05, 0) is 0 Å². The van der Waals surface area contributed by atoms with Crippen LogP contribution in [0.15, 0.2) is 166 Å². The number of nitrogens with zero attached hydrogens (tertiary/aromatic N) is 8. The number of fused-ring (bicyclic) bond motifs is 18. The molecule has 1 radical (unpaired) electrons. The van der Waals surface area contributed by atoms with Crippen molar-refractivity contribution in [2.75, 3.05) is 0 Å². The number of aryl methyl sites for hydroxylation is 1. The molecule has 0 aliphatic carbocycles. The van der Waals surface area contributed by atoms with E-state index in [9.17, 15) is 38.9 Å². The van der Waals surface area contributed by atoms with Crippen LogP contribution in [-0.4, -0.2) is 92.2 Å². The average molecular weight is 1050 g/mol. The number of hydrogen-bond donors (Lipinski definition) is 3. The summed E-state index contributed by atoms with van der Waals surface area (Å²) in [6, 6.07) is 33.9. The largest absolute Gasteiger partial charge is 0.412 e. The molecule has 14 rings (SSSR count). The van der Waals surface area contributed by atoms with Crippen LogP contribution in [0.5, 0.6) is 0 Å². The van der Waals surface area contributed by atoms with E-state index in [0.717, 1.165) is 16.3 Å². The maximum absolute atomic E-state index is 12.9. The molecular formula is C49H28GaN8O10S3. The molecule has 2 aromatic heterocycles. The summed E-state index contributed by atoms with van der Waals surface area (Å²) in [6.07, 6.45) is 0. The molecule has 0 saturated heterocycles. The quantitative estimate of drug-likeness (QED) is 0.132. The Balaban J connectivity index is 0.00000492. The van der Waals surface area contributed by atoms with E-state index < -0.39 is 48.2 Å². The van der Waals surface area contributed by atoms with E-state index in [4.69, 9.17) is 30.0 Å². The van der Waals surface area contributed by atoms with Gasteiger partial charge in [-0.1, -0.05) is 0 Å².